The highest BCUT2D eigenvalue weighted by Gasteiger charge is 2.14. The third-order valence-electron chi connectivity index (χ3n) is 3.20. The van der Waals surface area contributed by atoms with Crippen LogP contribution in [0.5, 0.6) is 0 Å². The van der Waals surface area contributed by atoms with Gasteiger partial charge in [0.1, 0.15) is 0 Å². The van der Waals surface area contributed by atoms with Gasteiger partial charge in [0.05, 0.1) is 16.3 Å². The maximum absolute atomic E-state index is 11.9. The molecule has 0 unspecified atom stereocenters. The Morgan fingerprint density at radius 2 is 1.83 bits per heavy atom. The minimum atomic E-state index is -0.884. The molecule has 2 aromatic carbocycles. The Hall–Kier alpha value is -2.37. The molecule has 0 aromatic heterocycles. The second-order valence-electron chi connectivity index (χ2n) is 5.11. The molecule has 2 rings (SSSR count). The van der Waals surface area contributed by atoms with Crippen molar-refractivity contribution >= 4 is 46.9 Å². The van der Waals surface area contributed by atoms with Crippen molar-refractivity contribution in [2.45, 2.75) is 13.8 Å². The monoisotopic (exact) mass is 363 g/mol. The van der Waals surface area contributed by atoms with Crippen molar-refractivity contribution in [1.29, 1.82) is 0 Å². The molecule has 0 aliphatic carbocycles. The third-order valence-corrected chi connectivity index (χ3v) is 4.03. The fourth-order valence-corrected chi connectivity index (χ4v) is 2.24. The molecule has 2 amide bonds. The van der Waals surface area contributed by atoms with Crippen molar-refractivity contribution in [3.63, 3.8) is 0 Å². The second kappa shape index (κ2) is 7.95. The van der Waals surface area contributed by atoms with Crippen LogP contribution in [0.2, 0.25) is 10.0 Å². The Morgan fingerprint density at radius 1 is 1.08 bits per heavy atom. The summed E-state index contributed by atoms with van der Waals surface area (Å²) in [4.78, 5) is 23.7. The van der Waals surface area contributed by atoms with E-state index in [2.05, 4.69) is 15.8 Å². The third kappa shape index (κ3) is 4.57. The van der Waals surface area contributed by atoms with Gasteiger partial charge >= 0.3 is 11.8 Å². The summed E-state index contributed by atoms with van der Waals surface area (Å²) >= 11 is 11.9. The minimum absolute atomic E-state index is 0.317. The lowest BCUT2D eigenvalue weighted by molar-refractivity contribution is -0.136. The molecule has 124 valence electrons. The van der Waals surface area contributed by atoms with Gasteiger partial charge in [-0.1, -0.05) is 47.5 Å². The van der Waals surface area contributed by atoms with E-state index in [0.717, 1.165) is 11.1 Å². The highest BCUT2D eigenvalue weighted by Crippen LogP contribution is 2.24. The van der Waals surface area contributed by atoms with Gasteiger partial charge in [-0.2, -0.15) is 5.10 Å². The summed E-state index contributed by atoms with van der Waals surface area (Å²) in [6.07, 6.45) is 1.32. The number of amides is 2. The van der Waals surface area contributed by atoms with Crippen LogP contribution in [0.4, 0.5) is 5.69 Å². The van der Waals surface area contributed by atoms with Gasteiger partial charge in [-0.15, -0.1) is 0 Å². The molecule has 24 heavy (non-hydrogen) atoms. The molecule has 5 nitrogen and oxygen atoms in total. The van der Waals surface area contributed by atoms with Crippen LogP contribution in [0.3, 0.4) is 0 Å². The van der Waals surface area contributed by atoms with E-state index in [1.165, 1.54) is 6.21 Å². The highest BCUT2D eigenvalue weighted by molar-refractivity contribution is 6.43. The number of rotatable bonds is 3. The zero-order valence-electron chi connectivity index (χ0n) is 13.1. The molecular formula is C17H15Cl2N3O2. The summed E-state index contributed by atoms with van der Waals surface area (Å²) in [5.74, 6) is -1.69. The van der Waals surface area contributed by atoms with Gasteiger partial charge < -0.3 is 5.32 Å². The number of hydrogen-bond acceptors (Lipinski definition) is 3. The zero-order chi connectivity index (χ0) is 17.7. The molecule has 2 aromatic rings. The van der Waals surface area contributed by atoms with Crippen LogP contribution >= 0.6 is 23.2 Å². The number of anilines is 1. The Morgan fingerprint density at radius 3 is 2.58 bits per heavy atom. The first-order valence-corrected chi connectivity index (χ1v) is 7.79. The Labute approximate surface area is 149 Å². The fourth-order valence-electron chi connectivity index (χ4n) is 1.88. The molecule has 0 bridgehead atoms. The Bertz CT molecular complexity index is 819. The predicted octanol–water partition coefficient (Wildman–Crippen LogP) is 3.70. The molecule has 7 heteroatoms. The second-order valence-corrected chi connectivity index (χ2v) is 5.90. The summed E-state index contributed by atoms with van der Waals surface area (Å²) in [5, 5.41) is 6.96. The molecule has 0 saturated carbocycles. The molecule has 0 atom stereocenters. The Kier molecular flexibility index (Phi) is 5.95. The van der Waals surface area contributed by atoms with E-state index in [1.807, 2.05) is 26.0 Å². The predicted molar refractivity (Wildman–Crippen MR) is 96.7 cm³/mol. The van der Waals surface area contributed by atoms with Gasteiger partial charge in [0, 0.05) is 11.3 Å². The Balaban J connectivity index is 1.99. The minimum Gasteiger partial charge on any atom is -0.317 e. The molecule has 0 aliphatic rings. The molecule has 0 radical (unpaired) electrons. The number of carbonyl (C=O) groups excluding carboxylic acids is 2. The summed E-state index contributed by atoms with van der Waals surface area (Å²) in [7, 11) is 0. The van der Waals surface area contributed by atoms with Gasteiger partial charge in [-0.3, -0.25) is 9.59 Å². The number of hydrogen-bond donors (Lipinski definition) is 2. The van der Waals surface area contributed by atoms with E-state index < -0.39 is 11.8 Å². The van der Waals surface area contributed by atoms with Crippen molar-refractivity contribution in [1.82, 2.24) is 5.43 Å². The lowest BCUT2D eigenvalue weighted by Gasteiger charge is -2.08. The molecule has 0 fully saturated rings. The number of halogens is 2. The SMILES string of the molecule is Cc1ccc(C)c(NC(=O)C(=O)N/N=C/c2cccc(Cl)c2Cl)c1. The lowest BCUT2D eigenvalue weighted by Crippen LogP contribution is -2.32. The van der Waals surface area contributed by atoms with Crippen LogP contribution in [0.1, 0.15) is 16.7 Å². The summed E-state index contributed by atoms with van der Waals surface area (Å²) in [6.45, 7) is 3.74. The molecule has 0 saturated heterocycles. The van der Waals surface area contributed by atoms with Gasteiger partial charge in [-0.25, -0.2) is 5.43 Å². The van der Waals surface area contributed by atoms with Crippen molar-refractivity contribution in [3.05, 3.63) is 63.1 Å². The van der Waals surface area contributed by atoms with Crippen molar-refractivity contribution < 1.29 is 9.59 Å². The number of nitrogens with zero attached hydrogens (tertiary/aromatic N) is 1. The zero-order valence-corrected chi connectivity index (χ0v) is 14.6. The summed E-state index contributed by atoms with van der Waals surface area (Å²) in [5.41, 5.74) is 5.09. The summed E-state index contributed by atoms with van der Waals surface area (Å²) < 4.78 is 0. The quantitative estimate of drug-likeness (QED) is 0.495. The van der Waals surface area contributed by atoms with E-state index in [-0.39, 0.29) is 0 Å². The molecule has 0 heterocycles. The highest BCUT2D eigenvalue weighted by atomic mass is 35.5. The number of benzene rings is 2. The number of carbonyl (C=O) groups is 2. The maximum Gasteiger partial charge on any atom is 0.329 e. The molecule has 0 spiro atoms. The normalized spacial score (nSPS) is 10.7. The van der Waals surface area contributed by atoms with Crippen LogP contribution in [0.25, 0.3) is 0 Å². The van der Waals surface area contributed by atoms with E-state index >= 15 is 0 Å². The van der Waals surface area contributed by atoms with Crippen LogP contribution in [-0.4, -0.2) is 18.0 Å². The first-order valence-electron chi connectivity index (χ1n) is 7.04. The van der Waals surface area contributed by atoms with E-state index in [4.69, 9.17) is 23.2 Å². The van der Waals surface area contributed by atoms with Gasteiger partial charge in [0.15, 0.2) is 0 Å². The van der Waals surface area contributed by atoms with Gasteiger partial charge in [0.25, 0.3) is 0 Å². The first kappa shape index (κ1) is 18.0. The van der Waals surface area contributed by atoms with Crippen molar-refractivity contribution in [2.75, 3.05) is 5.32 Å². The first-order chi connectivity index (χ1) is 11.4. The molecule has 2 N–H and O–H groups in total. The van der Waals surface area contributed by atoms with Crippen LogP contribution in [0.15, 0.2) is 41.5 Å². The topological polar surface area (TPSA) is 70.6 Å². The van der Waals surface area contributed by atoms with Crippen LogP contribution in [0, 0.1) is 13.8 Å². The standard InChI is InChI=1S/C17H15Cl2N3O2/c1-10-6-7-11(2)14(8-10)21-16(23)17(24)22-20-9-12-4-3-5-13(18)15(12)19/h3-9H,1-2H3,(H,21,23)(H,22,24)/b20-9+. The number of hydrazone groups is 1. The van der Waals surface area contributed by atoms with E-state index in [0.29, 0.717) is 21.3 Å². The van der Waals surface area contributed by atoms with Crippen molar-refractivity contribution in [2.24, 2.45) is 5.10 Å². The average Bonchev–Trinajstić information content (AvgIpc) is 2.54. The average molecular weight is 364 g/mol. The van der Waals surface area contributed by atoms with E-state index in [9.17, 15) is 9.59 Å². The molecular weight excluding hydrogens is 349 g/mol. The maximum atomic E-state index is 11.9. The van der Waals surface area contributed by atoms with Gasteiger partial charge in [-0.05, 0) is 37.1 Å². The number of aryl methyl sites for hydroxylation is 2. The van der Waals surface area contributed by atoms with E-state index in [1.54, 1.807) is 24.3 Å². The lowest BCUT2D eigenvalue weighted by atomic mass is 10.1. The van der Waals surface area contributed by atoms with Crippen molar-refractivity contribution in [3.8, 4) is 0 Å². The molecule has 0 aliphatic heterocycles. The number of nitrogens with one attached hydrogen (secondary N) is 2. The van der Waals surface area contributed by atoms with Crippen LogP contribution in [-0.2, 0) is 9.59 Å². The largest absolute Gasteiger partial charge is 0.329 e. The smallest absolute Gasteiger partial charge is 0.317 e. The van der Waals surface area contributed by atoms with Gasteiger partial charge in [0.2, 0.25) is 0 Å². The fraction of sp³-hybridized carbons (Fsp3) is 0.118. The van der Waals surface area contributed by atoms with Crippen LogP contribution < -0.4 is 10.7 Å². The summed E-state index contributed by atoms with van der Waals surface area (Å²) in [6, 6.07) is 10.6.